The van der Waals surface area contributed by atoms with Gasteiger partial charge in [-0.15, -0.1) is 0 Å². The summed E-state index contributed by atoms with van der Waals surface area (Å²) in [4.78, 5) is 12.9. The average molecular weight is 568 g/mol. The molecule has 33 heavy (non-hydrogen) atoms. The molecule has 170 valence electrons. The van der Waals surface area contributed by atoms with Gasteiger partial charge in [-0.1, -0.05) is 53.0 Å². The van der Waals surface area contributed by atoms with E-state index in [0.29, 0.717) is 33.7 Å². The Labute approximate surface area is 214 Å². The quantitative estimate of drug-likeness (QED) is 0.280. The van der Waals surface area contributed by atoms with Gasteiger partial charge < -0.3 is 5.32 Å². The molecule has 0 fully saturated rings. The van der Waals surface area contributed by atoms with Gasteiger partial charge in [0.1, 0.15) is 5.02 Å². The highest BCUT2D eigenvalue weighted by Gasteiger charge is 2.15. The van der Waals surface area contributed by atoms with Gasteiger partial charge in [0, 0.05) is 21.8 Å². The highest BCUT2D eigenvalue weighted by atomic mass is 79.9. The summed E-state index contributed by atoms with van der Waals surface area (Å²) in [6.07, 6.45) is 1.64. The summed E-state index contributed by atoms with van der Waals surface area (Å²) in [6, 6.07) is 12.6. The van der Waals surface area contributed by atoms with Gasteiger partial charge in [-0.2, -0.15) is 10.2 Å². The van der Waals surface area contributed by atoms with E-state index in [1.54, 1.807) is 29.1 Å². The lowest BCUT2D eigenvalue weighted by Crippen LogP contribution is -2.14. The molecule has 0 saturated carbocycles. The second-order valence-corrected chi connectivity index (χ2v) is 9.60. The Kier molecular flexibility index (Phi) is 7.14. The first kappa shape index (κ1) is 23.8. The molecule has 1 amide bonds. The number of aryl methyl sites for hydroxylation is 1. The third-order valence-corrected chi connectivity index (χ3v) is 7.12. The van der Waals surface area contributed by atoms with Crippen LogP contribution in [0.1, 0.15) is 32.9 Å². The summed E-state index contributed by atoms with van der Waals surface area (Å²) in [5.41, 5.74) is 4.24. The average Bonchev–Trinajstić information content (AvgIpc) is 3.23. The van der Waals surface area contributed by atoms with Gasteiger partial charge in [-0.25, -0.2) is 0 Å². The number of nitrogens with zero attached hydrogens (tertiary/aromatic N) is 4. The summed E-state index contributed by atoms with van der Waals surface area (Å²) in [5.74, 6) is -0.0253. The first-order chi connectivity index (χ1) is 15.7. The minimum Gasteiger partial charge on any atom is -0.304 e. The molecule has 0 radical (unpaired) electrons. The fraction of sp³-hybridized carbons (Fsp3) is 0.174. The fourth-order valence-electron chi connectivity index (χ4n) is 3.38. The number of carbonyl (C=O) groups is 1. The van der Waals surface area contributed by atoms with Crippen molar-refractivity contribution < 1.29 is 4.79 Å². The smallest absolute Gasteiger partial charge is 0.256 e. The Morgan fingerprint density at radius 1 is 1.03 bits per heavy atom. The van der Waals surface area contributed by atoms with Crippen LogP contribution in [0.25, 0.3) is 0 Å². The number of benzene rings is 2. The minimum atomic E-state index is -0.303. The Bertz CT molecular complexity index is 1350. The third-order valence-electron chi connectivity index (χ3n) is 5.11. The third kappa shape index (κ3) is 5.44. The van der Waals surface area contributed by atoms with Crippen LogP contribution in [-0.4, -0.2) is 25.5 Å². The second kappa shape index (κ2) is 9.89. The zero-order chi connectivity index (χ0) is 23.7. The lowest BCUT2D eigenvalue weighted by molar-refractivity contribution is 0.102. The van der Waals surface area contributed by atoms with Crippen LogP contribution in [0, 0.1) is 13.8 Å². The van der Waals surface area contributed by atoms with Crippen LogP contribution in [0.4, 0.5) is 5.82 Å². The molecule has 4 aromatic rings. The number of nitrogens with one attached hydrogen (secondary N) is 1. The number of aromatic nitrogens is 4. The molecule has 6 nitrogen and oxygen atoms in total. The summed E-state index contributed by atoms with van der Waals surface area (Å²) >= 11 is 22.1. The molecular formula is C23H19BrCl3N5O. The van der Waals surface area contributed by atoms with E-state index < -0.39 is 0 Å². The molecule has 0 bridgehead atoms. The van der Waals surface area contributed by atoms with Gasteiger partial charge >= 0.3 is 0 Å². The molecule has 10 heteroatoms. The van der Waals surface area contributed by atoms with Crippen molar-refractivity contribution in [1.29, 1.82) is 0 Å². The van der Waals surface area contributed by atoms with Crippen LogP contribution < -0.4 is 5.32 Å². The van der Waals surface area contributed by atoms with Gasteiger partial charge in [-0.3, -0.25) is 14.2 Å². The van der Waals surface area contributed by atoms with Crippen LogP contribution in [-0.2, 0) is 13.1 Å². The Balaban J connectivity index is 1.48. The van der Waals surface area contributed by atoms with E-state index in [-0.39, 0.29) is 11.7 Å². The molecule has 0 saturated heterocycles. The molecule has 2 heterocycles. The number of amides is 1. The van der Waals surface area contributed by atoms with Crippen LogP contribution in [0.3, 0.4) is 0 Å². The van der Waals surface area contributed by atoms with Crippen LogP contribution in [0.5, 0.6) is 0 Å². The van der Waals surface area contributed by atoms with Crippen molar-refractivity contribution >= 4 is 62.5 Å². The molecule has 0 unspecified atom stereocenters. The molecular weight excluding hydrogens is 549 g/mol. The highest BCUT2D eigenvalue weighted by Crippen LogP contribution is 2.25. The van der Waals surface area contributed by atoms with Crippen LogP contribution in [0.2, 0.25) is 15.1 Å². The molecule has 0 aliphatic carbocycles. The first-order valence-electron chi connectivity index (χ1n) is 9.98. The molecule has 1 N–H and O–H groups in total. The van der Waals surface area contributed by atoms with E-state index in [0.717, 1.165) is 27.0 Å². The number of hydrogen-bond acceptors (Lipinski definition) is 3. The Hall–Kier alpha value is -2.32. The maximum atomic E-state index is 12.9. The monoisotopic (exact) mass is 565 g/mol. The first-order valence-corrected chi connectivity index (χ1v) is 11.9. The van der Waals surface area contributed by atoms with Crippen molar-refractivity contribution in [2.24, 2.45) is 0 Å². The lowest BCUT2D eigenvalue weighted by Gasteiger charge is -2.08. The van der Waals surface area contributed by atoms with E-state index in [1.807, 2.05) is 42.8 Å². The van der Waals surface area contributed by atoms with E-state index in [1.165, 1.54) is 0 Å². The zero-order valence-corrected chi connectivity index (χ0v) is 21.6. The Morgan fingerprint density at radius 3 is 2.52 bits per heavy atom. The molecule has 0 aliphatic rings. The van der Waals surface area contributed by atoms with E-state index >= 15 is 0 Å². The zero-order valence-electron chi connectivity index (χ0n) is 17.7. The van der Waals surface area contributed by atoms with Crippen LogP contribution >= 0.6 is 50.7 Å². The highest BCUT2D eigenvalue weighted by molar-refractivity contribution is 9.10. The second-order valence-electron chi connectivity index (χ2n) is 7.56. The molecule has 0 spiro atoms. The molecule has 0 aliphatic heterocycles. The van der Waals surface area contributed by atoms with Gasteiger partial charge in [0.05, 0.1) is 29.0 Å². The van der Waals surface area contributed by atoms with E-state index in [9.17, 15) is 4.79 Å². The molecule has 0 atom stereocenters. The van der Waals surface area contributed by atoms with Crippen molar-refractivity contribution in [2.45, 2.75) is 26.9 Å². The number of halogens is 4. The standard InChI is InChI=1S/C23H19BrCl3N5O/c1-13-21(24)14(2)32(29-13)10-15-4-3-5-16(8-15)23(33)28-22-20(27)12-31(30-22)11-17-6-7-18(25)9-19(17)26/h3-9,12H,10-11H2,1-2H3,(H,28,30,33). The SMILES string of the molecule is Cc1nn(Cc2cccc(C(=O)Nc3nn(Cc4ccc(Cl)cc4Cl)cc3Cl)c2)c(C)c1Br. The van der Waals surface area contributed by atoms with Crippen molar-refractivity contribution in [2.75, 3.05) is 5.32 Å². The van der Waals surface area contributed by atoms with E-state index in [2.05, 4.69) is 31.4 Å². The lowest BCUT2D eigenvalue weighted by atomic mass is 10.1. The topological polar surface area (TPSA) is 64.7 Å². The normalized spacial score (nSPS) is 11.1. The van der Waals surface area contributed by atoms with Crippen molar-refractivity contribution in [1.82, 2.24) is 19.6 Å². The number of hydrogen-bond donors (Lipinski definition) is 1. The summed E-state index contributed by atoms with van der Waals surface area (Å²) in [7, 11) is 0. The van der Waals surface area contributed by atoms with Crippen molar-refractivity contribution in [3.63, 3.8) is 0 Å². The Morgan fingerprint density at radius 2 is 1.82 bits per heavy atom. The van der Waals surface area contributed by atoms with Crippen molar-refractivity contribution in [3.05, 3.63) is 96.3 Å². The van der Waals surface area contributed by atoms with Gasteiger partial charge in [0.25, 0.3) is 5.91 Å². The number of carbonyl (C=O) groups excluding carboxylic acids is 1. The summed E-state index contributed by atoms with van der Waals surface area (Å²) in [5, 5.41) is 13.1. The predicted molar refractivity (Wildman–Crippen MR) is 136 cm³/mol. The van der Waals surface area contributed by atoms with Gasteiger partial charge in [-0.05, 0) is 65.2 Å². The number of rotatable bonds is 6. The van der Waals surface area contributed by atoms with Gasteiger partial charge in [0.15, 0.2) is 5.82 Å². The van der Waals surface area contributed by atoms with E-state index in [4.69, 9.17) is 34.8 Å². The summed E-state index contributed by atoms with van der Waals surface area (Å²) in [6.45, 7) is 4.88. The van der Waals surface area contributed by atoms with Gasteiger partial charge in [0.2, 0.25) is 0 Å². The molecule has 2 aromatic heterocycles. The minimum absolute atomic E-state index is 0.277. The largest absolute Gasteiger partial charge is 0.304 e. The maximum Gasteiger partial charge on any atom is 0.256 e. The predicted octanol–water partition coefficient (Wildman–Crippen LogP) is 6.77. The van der Waals surface area contributed by atoms with Crippen LogP contribution in [0.15, 0.2) is 53.1 Å². The van der Waals surface area contributed by atoms with Crippen molar-refractivity contribution in [3.8, 4) is 0 Å². The fourth-order valence-corrected chi connectivity index (χ4v) is 4.33. The summed E-state index contributed by atoms with van der Waals surface area (Å²) < 4.78 is 4.50. The molecule has 4 rings (SSSR count). The number of anilines is 1. The maximum absolute atomic E-state index is 12.9. The molecule has 2 aromatic carbocycles.